The predicted octanol–water partition coefficient (Wildman–Crippen LogP) is 3.97. The summed E-state index contributed by atoms with van der Waals surface area (Å²) in [6.07, 6.45) is 2.01. The van der Waals surface area contributed by atoms with Crippen molar-refractivity contribution >= 4 is 35.0 Å². The van der Waals surface area contributed by atoms with Crippen molar-refractivity contribution in [2.45, 2.75) is 31.4 Å². The van der Waals surface area contributed by atoms with Crippen molar-refractivity contribution in [3.05, 3.63) is 52.2 Å². The van der Waals surface area contributed by atoms with Crippen LogP contribution >= 0.6 is 23.1 Å². The van der Waals surface area contributed by atoms with E-state index in [4.69, 9.17) is 4.74 Å². The fourth-order valence-electron chi connectivity index (χ4n) is 2.08. The Morgan fingerprint density at radius 3 is 2.46 bits per heavy atom. The van der Waals surface area contributed by atoms with Gasteiger partial charge in [0.25, 0.3) is 5.91 Å². The number of benzene rings is 1. The summed E-state index contributed by atoms with van der Waals surface area (Å²) in [5.41, 5.74) is 0.924. The summed E-state index contributed by atoms with van der Waals surface area (Å²) in [6.45, 7) is 3.97. The molecule has 1 N–H and O–H groups in total. The number of rotatable bonds is 7. The van der Waals surface area contributed by atoms with Gasteiger partial charge in [0.1, 0.15) is 12.6 Å². The van der Waals surface area contributed by atoms with Crippen LogP contribution in [0, 0.1) is 5.92 Å². The van der Waals surface area contributed by atoms with Crippen molar-refractivity contribution < 1.29 is 14.3 Å². The van der Waals surface area contributed by atoms with E-state index in [1.54, 1.807) is 23.9 Å². The molecular weight excluding hydrogens is 342 g/mol. The number of carbonyl (C=O) groups excluding carboxylic acids is 2. The number of esters is 1. The normalized spacial score (nSPS) is 12.0. The molecule has 0 saturated heterocycles. The third kappa shape index (κ3) is 5.11. The van der Waals surface area contributed by atoms with Gasteiger partial charge in [-0.3, -0.25) is 4.79 Å². The molecule has 6 heteroatoms. The first kappa shape index (κ1) is 18.5. The van der Waals surface area contributed by atoms with E-state index in [1.165, 1.54) is 11.3 Å². The number of thiophene rings is 1. The Kier molecular flexibility index (Phi) is 6.87. The molecular formula is C18H21NO3S2. The third-order valence-electron chi connectivity index (χ3n) is 3.49. The minimum absolute atomic E-state index is 0.0553. The van der Waals surface area contributed by atoms with Crippen LogP contribution in [0.25, 0.3) is 0 Å². The van der Waals surface area contributed by atoms with Crippen LogP contribution in [0.1, 0.15) is 29.1 Å². The molecule has 24 heavy (non-hydrogen) atoms. The summed E-state index contributed by atoms with van der Waals surface area (Å²) >= 11 is 3.01. The summed E-state index contributed by atoms with van der Waals surface area (Å²) in [7, 11) is 0. The van der Waals surface area contributed by atoms with E-state index < -0.39 is 12.0 Å². The second-order valence-electron chi connectivity index (χ2n) is 5.63. The number of nitrogens with one attached hydrogen (secondary N) is 1. The molecule has 0 aliphatic rings. The molecule has 0 unspecified atom stereocenters. The zero-order valence-corrected chi connectivity index (χ0v) is 15.6. The SMILES string of the molecule is CSc1ccc(COC(=O)[C@H](NC(=O)c2cccs2)C(C)C)cc1. The van der Waals surface area contributed by atoms with Crippen LogP contribution in [0.5, 0.6) is 0 Å². The Bertz CT molecular complexity index is 666. The number of carbonyl (C=O) groups is 2. The van der Waals surface area contributed by atoms with Crippen LogP contribution < -0.4 is 5.32 Å². The maximum atomic E-state index is 12.3. The summed E-state index contributed by atoms with van der Waals surface area (Å²) in [5.74, 6) is -0.714. The largest absolute Gasteiger partial charge is 0.459 e. The van der Waals surface area contributed by atoms with Gasteiger partial charge in [-0.1, -0.05) is 32.0 Å². The molecule has 0 bridgehead atoms. The molecule has 0 fully saturated rings. The van der Waals surface area contributed by atoms with Crippen molar-refractivity contribution in [3.8, 4) is 0 Å². The highest BCUT2D eigenvalue weighted by Crippen LogP contribution is 2.16. The zero-order valence-electron chi connectivity index (χ0n) is 13.9. The maximum absolute atomic E-state index is 12.3. The highest BCUT2D eigenvalue weighted by Gasteiger charge is 2.26. The van der Waals surface area contributed by atoms with E-state index in [0.29, 0.717) is 4.88 Å². The minimum Gasteiger partial charge on any atom is -0.459 e. The van der Waals surface area contributed by atoms with E-state index in [0.717, 1.165) is 10.5 Å². The molecule has 2 rings (SSSR count). The van der Waals surface area contributed by atoms with Crippen LogP contribution in [0.3, 0.4) is 0 Å². The van der Waals surface area contributed by atoms with Gasteiger partial charge in [-0.2, -0.15) is 0 Å². The third-order valence-corrected chi connectivity index (χ3v) is 5.10. The van der Waals surface area contributed by atoms with Gasteiger partial charge in [0.2, 0.25) is 0 Å². The van der Waals surface area contributed by atoms with Gasteiger partial charge in [0.05, 0.1) is 4.88 Å². The van der Waals surface area contributed by atoms with Crippen molar-refractivity contribution in [1.82, 2.24) is 5.32 Å². The first-order valence-corrected chi connectivity index (χ1v) is 9.75. The average molecular weight is 364 g/mol. The highest BCUT2D eigenvalue weighted by atomic mass is 32.2. The van der Waals surface area contributed by atoms with E-state index in [9.17, 15) is 9.59 Å². The Morgan fingerprint density at radius 2 is 1.92 bits per heavy atom. The monoisotopic (exact) mass is 363 g/mol. The number of ether oxygens (including phenoxy) is 1. The van der Waals surface area contributed by atoms with Gasteiger partial charge in [0.15, 0.2) is 0 Å². The molecule has 1 atom stereocenters. The van der Waals surface area contributed by atoms with Gasteiger partial charge in [-0.05, 0) is 41.3 Å². The molecule has 1 aromatic carbocycles. The molecule has 2 aromatic rings. The highest BCUT2D eigenvalue weighted by molar-refractivity contribution is 7.98. The molecule has 0 spiro atoms. The molecule has 0 aliphatic carbocycles. The lowest BCUT2D eigenvalue weighted by Crippen LogP contribution is -2.45. The molecule has 0 radical (unpaired) electrons. The van der Waals surface area contributed by atoms with E-state index in [2.05, 4.69) is 5.32 Å². The van der Waals surface area contributed by atoms with Gasteiger partial charge < -0.3 is 10.1 Å². The number of hydrogen-bond donors (Lipinski definition) is 1. The molecule has 4 nitrogen and oxygen atoms in total. The minimum atomic E-state index is -0.662. The zero-order chi connectivity index (χ0) is 17.5. The average Bonchev–Trinajstić information content (AvgIpc) is 3.12. The van der Waals surface area contributed by atoms with Gasteiger partial charge in [-0.25, -0.2) is 4.79 Å². The van der Waals surface area contributed by atoms with Gasteiger partial charge in [-0.15, -0.1) is 23.1 Å². The van der Waals surface area contributed by atoms with Crippen molar-refractivity contribution in [1.29, 1.82) is 0 Å². The fourth-order valence-corrected chi connectivity index (χ4v) is 3.12. The van der Waals surface area contributed by atoms with E-state index >= 15 is 0 Å². The topological polar surface area (TPSA) is 55.4 Å². The summed E-state index contributed by atoms with van der Waals surface area (Å²) in [6, 6.07) is 10.7. The van der Waals surface area contributed by atoms with Crippen molar-refractivity contribution in [2.24, 2.45) is 5.92 Å². The Morgan fingerprint density at radius 1 is 1.21 bits per heavy atom. The molecule has 1 heterocycles. The fraction of sp³-hybridized carbons (Fsp3) is 0.333. The smallest absolute Gasteiger partial charge is 0.329 e. The molecule has 128 valence electrons. The number of thioether (sulfide) groups is 1. The summed E-state index contributed by atoms with van der Waals surface area (Å²) in [4.78, 5) is 26.3. The van der Waals surface area contributed by atoms with Crippen LogP contribution in [-0.2, 0) is 16.1 Å². The standard InChI is InChI=1S/C18H21NO3S2/c1-12(2)16(19-17(20)15-5-4-10-24-15)18(21)22-11-13-6-8-14(23-3)9-7-13/h4-10,12,16H,11H2,1-3H3,(H,19,20)/t16-/m1/s1. The predicted molar refractivity (Wildman–Crippen MR) is 98.4 cm³/mol. The van der Waals surface area contributed by atoms with Crippen molar-refractivity contribution in [2.75, 3.05) is 6.26 Å². The van der Waals surface area contributed by atoms with E-state index in [-0.39, 0.29) is 18.4 Å². The molecule has 0 aliphatic heterocycles. The Balaban J connectivity index is 1.94. The first-order valence-electron chi connectivity index (χ1n) is 7.65. The summed E-state index contributed by atoms with van der Waals surface area (Å²) < 4.78 is 5.39. The van der Waals surface area contributed by atoms with Crippen molar-refractivity contribution in [3.63, 3.8) is 0 Å². The second-order valence-corrected chi connectivity index (χ2v) is 7.46. The number of hydrogen-bond acceptors (Lipinski definition) is 5. The van der Waals surface area contributed by atoms with Gasteiger partial charge >= 0.3 is 5.97 Å². The lowest BCUT2D eigenvalue weighted by Gasteiger charge is -2.20. The Hall–Kier alpha value is -1.79. The number of amides is 1. The molecule has 1 aromatic heterocycles. The van der Waals surface area contributed by atoms with Crippen LogP contribution in [0.2, 0.25) is 0 Å². The van der Waals surface area contributed by atoms with Crippen LogP contribution in [-0.4, -0.2) is 24.2 Å². The van der Waals surface area contributed by atoms with Crippen LogP contribution in [0.4, 0.5) is 0 Å². The first-order chi connectivity index (χ1) is 11.5. The Labute approximate surface area is 150 Å². The molecule has 1 amide bonds. The molecule has 0 saturated carbocycles. The second kappa shape index (κ2) is 8.89. The quantitative estimate of drug-likeness (QED) is 0.597. The lowest BCUT2D eigenvalue weighted by molar-refractivity contribution is -0.148. The van der Waals surface area contributed by atoms with Crippen LogP contribution in [0.15, 0.2) is 46.7 Å². The maximum Gasteiger partial charge on any atom is 0.329 e. The lowest BCUT2D eigenvalue weighted by atomic mass is 10.0. The van der Waals surface area contributed by atoms with E-state index in [1.807, 2.05) is 49.7 Å². The van der Waals surface area contributed by atoms with Gasteiger partial charge in [0, 0.05) is 4.90 Å². The summed E-state index contributed by atoms with van der Waals surface area (Å²) in [5, 5.41) is 4.60.